The second-order valence-electron chi connectivity index (χ2n) is 7.36. The molecule has 0 bridgehead atoms. The highest BCUT2D eigenvalue weighted by Gasteiger charge is 2.36. The van der Waals surface area contributed by atoms with Crippen molar-refractivity contribution in [2.45, 2.75) is 5.92 Å². The topological polar surface area (TPSA) is 117 Å². The predicted octanol–water partition coefficient (Wildman–Crippen LogP) is 1.53. The Morgan fingerprint density at radius 3 is 2.44 bits per heavy atom. The first-order valence-corrected chi connectivity index (χ1v) is 11.0. The first-order chi connectivity index (χ1) is 16.4. The maximum absolute atomic E-state index is 13.3. The number of fused-ring (bicyclic) bond motifs is 1. The molecule has 0 fully saturated rings. The van der Waals surface area contributed by atoms with E-state index in [4.69, 9.17) is 19.9 Å². The molecule has 0 aliphatic carbocycles. The zero-order valence-corrected chi connectivity index (χ0v) is 19.5. The monoisotopic (exact) mass is 475 g/mol. The Kier molecular flexibility index (Phi) is 6.25. The maximum Gasteiger partial charge on any atom is 0.337 e. The standard InChI is InChI=1S/C25H21N3O5S/c1-31-16-8-4-6-14(10-16)11-19-23(29)28-22(27)18(13-26)20(15-7-5-9-17(12-15)32-2)21(24(28)34-19)25(30)33-3/h4-12,20H,27H2,1-3H3/b19-11+/t20-/m0/s1. The Labute approximate surface area is 199 Å². The van der Waals surface area contributed by atoms with E-state index in [0.29, 0.717) is 26.3 Å². The summed E-state index contributed by atoms with van der Waals surface area (Å²) in [4.78, 5) is 26.3. The Morgan fingerprint density at radius 1 is 1.12 bits per heavy atom. The predicted molar refractivity (Wildman–Crippen MR) is 129 cm³/mol. The van der Waals surface area contributed by atoms with Gasteiger partial charge in [-0.3, -0.25) is 9.36 Å². The average Bonchev–Trinajstić information content (AvgIpc) is 3.19. The van der Waals surface area contributed by atoms with Crippen molar-refractivity contribution in [2.75, 3.05) is 21.3 Å². The van der Waals surface area contributed by atoms with Crippen LogP contribution in [0, 0.1) is 11.3 Å². The summed E-state index contributed by atoms with van der Waals surface area (Å²) in [7, 11) is 4.34. The van der Waals surface area contributed by atoms with Crippen LogP contribution in [0.25, 0.3) is 17.5 Å². The molecule has 0 amide bonds. The van der Waals surface area contributed by atoms with Crippen LogP contribution in [-0.2, 0) is 9.53 Å². The molecule has 1 aliphatic rings. The molecular formula is C25H21N3O5S. The van der Waals surface area contributed by atoms with Crippen molar-refractivity contribution in [1.29, 1.82) is 5.26 Å². The van der Waals surface area contributed by atoms with Gasteiger partial charge in [0.1, 0.15) is 22.0 Å². The lowest BCUT2D eigenvalue weighted by molar-refractivity contribution is -0.134. The molecule has 2 N–H and O–H groups in total. The zero-order valence-electron chi connectivity index (χ0n) is 18.7. The zero-order chi connectivity index (χ0) is 24.4. The van der Waals surface area contributed by atoms with Gasteiger partial charge in [0.15, 0.2) is 0 Å². The number of nitrogens with zero attached hydrogens (tertiary/aromatic N) is 2. The summed E-state index contributed by atoms with van der Waals surface area (Å²) in [6.45, 7) is 0. The molecule has 0 saturated carbocycles. The smallest absolute Gasteiger partial charge is 0.337 e. The van der Waals surface area contributed by atoms with E-state index in [2.05, 4.69) is 6.07 Å². The summed E-state index contributed by atoms with van der Waals surface area (Å²) in [6, 6.07) is 16.3. The van der Waals surface area contributed by atoms with Crippen molar-refractivity contribution < 1.29 is 19.0 Å². The fraction of sp³-hybridized carbons (Fsp3) is 0.160. The minimum absolute atomic E-state index is 0.0236. The molecule has 1 atom stereocenters. The van der Waals surface area contributed by atoms with Crippen LogP contribution in [0.15, 0.2) is 58.9 Å². The second kappa shape index (κ2) is 9.29. The van der Waals surface area contributed by atoms with Gasteiger partial charge in [0.05, 0.1) is 49.0 Å². The minimum atomic E-state index is -0.824. The number of carbonyl (C=O) groups is 1. The lowest BCUT2D eigenvalue weighted by Gasteiger charge is -2.24. The van der Waals surface area contributed by atoms with E-state index in [-0.39, 0.29) is 17.0 Å². The normalized spacial score (nSPS) is 15.5. The van der Waals surface area contributed by atoms with Gasteiger partial charge in [0.25, 0.3) is 5.56 Å². The first kappa shape index (κ1) is 22.9. The lowest BCUT2D eigenvalue weighted by atomic mass is 9.84. The van der Waals surface area contributed by atoms with Gasteiger partial charge in [-0.2, -0.15) is 5.26 Å². The first-order valence-electron chi connectivity index (χ1n) is 10.2. The van der Waals surface area contributed by atoms with Crippen molar-refractivity contribution >= 4 is 34.8 Å². The van der Waals surface area contributed by atoms with Gasteiger partial charge in [0.2, 0.25) is 0 Å². The number of hydrogen-bond donors (Lipinski definition) is 1. The Hall–Kier alpha value is -4.29. The number of ether oxygens (including phenoxy) is 3. The quantitative estimate of drug-likeness (QED) is 0.556. The third-order valence-electron chi connectivity index (χ3n) is 5.49. The molecule has 172 valence electrons. The summed E-state index contributed by atoms with van der Waals surface area (Å²) in [6.07, 6.45) is 1.69. The molecule has 0 radical (unpaired) electrons. The highest BCUT2D eigenvalue weighted by atomic mass is 32.1. The van der Waals surface area contributed by atoms with Crippen molar-refractivity contribution in [2.24, 2.45) is 5.73 Å². The summed E-state index contributed by atoms with van der Waals surface area (Å²) in [5.74, 6) is -0.309. The molecule has 2 aromatic carbocycles. The molecule has 3 aromatic rings. The number of allylic oxidation sites excluding steroid dienone is 1. The van der Waals surface area contributed by atoms with E-state index >= 15 is 0 Å². The molecular weight excluding hydrogens is 454 g/mol. The number of thiazole rings is 1. The summed E-state index contributed by atoms with van der Waals surface area (Å²) in [5, 5.41) is 9.99. The second-order valence-corrected chi connectivity index (χ2v) is 8.39. The van der Waals surface area contributed by atoms with Gasteiger partial charge in [-0.15, -0.1) is 11.3 Å². The molecule has 1 aromatic heterocycles. The van der Waals surface area contributed by atoms with Gasteiger partial charge in [0, 0.05) is 0 Å². The van der Waals surface area contributed by atoms with Gasteiger partial charge in [-0.05, 0) is 41.5 Å². The number of methoxy groups -OCH3 is 3. The Morgan fingerprint density at radius 2 is 1.79 bits per heavy atom. The largest absolute Gasteiger partial charge is 0.497 e. The van der Waals surface area contributed by atoms with Gasteiger partial charge in [-0.1, -0.05) is 24.3 Å². The Balaban J connectivity index is 2.08. The van der Waals surface area contributed by atoms with Crippen LogP contribution in [0.2, 0.25) is 0 Å². The van der Waals surface area contributed by atoms with Crippen molar-refractivity contribution in [3.63, 3.8) is 0 Å². The lowest BCUT2D eigenvalue weighted by Crippen LogP contribution is -2.40. The summed E-state index contributed by atoms with van der Waals surface area (Å²) < 4.78 is 17.5. The number of carbonyl (C=O) groups excluding carboxylic acids is 1. The van der Waals surface area contributed by atoms with Crippen molar-refractivity contribution in [3.05, 3.63) is 84.8 Å². The maximum atomic E-state index is 13.3. The van der Waals surface area contributed by atoms with E-state index < -0.39 is 17.4 Å². The van der Waals surface area contributed by atoms with E-state index in [1.165, 1.54) is 18.8 Å². The summed E-state index contributed by atoms with van der Waals surface area (Å²) >= 11 is 1.11. The van der Waals surface area contributed by atoms with Crippen LogP contribution in [0.3, 0.4) is 0 Å². The average molecular weight is 476 g/mol. The molecule has 0 unspecified atom stereocenters. The number of esters is 1. The van der Waals surface area contributed by atoms with E-state index in [9.17, 15) is 14.9 Å². The molecule has 1 aliphatic heterocycles. The number of nitriles is 1. The van der Waals surface area contributed by atoms with Crippen LogP contribution < -0.4 is 30.0 Å². The van der Waals surface area contributed by atoms with Crippen molar-refractivity contribution in [1.82, 2.24) is 4.57 Å². The molecule has 4 rings (SSSR count). The Bertz CT molecular complexity index is 1540. The van der Waals surface area contributed by atoms with E-state index in [1.54, 1.807) is 49.6 Å². The number of nitrogens with two attached hydrogens (primary N) is 1. The van der Waals surface area contributed by atoms with Gasteiger partial charge >= 0.3 is 5.97 Å². The van der Waals surface area contributed by atoms with E-state index in [1.807, 2.05) is 12.1 Å². The SMILES string of the molecule is COC(=O)C1=c2s/c(=C/c3cccc(OC)c3)c(=O)n2C(N)=C(C#N)[C@@H]1c1cccc(OC)c1. The van der Waals surface area contributed by atoms with Crippen molar-refractivity contribution in [3.8, 4) is 17.6 Å². The number of aromatic nitrogens is 1. The number of benzene rings is 2. The molecule has 0 spiro atoms. The fourth-order valence-corrected chi connectivity index (χ4v) is 5.06. The van der Waals surface area contributed by atoms with Crippen LogP contribution in [0.1, 0.15) is 17.0 Å². The third kappa shape index (κ3) is 3.84. The van der Waals surface area contributed by atoms with Gasteiger partial charge in [-0.25, -0.2) is 4.79 Å². The number of rotatable bonds is 5. The molecule has 2 heterocycles. The third-order valence-corrected chi connectivity index (χ3v) is 6.60. The highest BCUT2D eigenvalue weighted by molar-refractivity contribution is 7.07. The molecule has 0 saturated heterocycles. The van der Waals surface area contributed by atoms with Crippen LogP contribution >= 0.6 is 11.3 Å². The van der Waals surface area contributed by atoms with Crippen LogP contribution in [0.5, 0.6) is 11.5 Å². The molecule has 8 nitrogen and oxygen atoms in total. The van der Waals surface area contributed by atoms with Gasteiger partial charge < -0.3 is 19.9 Å². The minimum Gasteiger partial charge on any atom is -0.497 e. The van der Waals surface area contributed by atoms with Crippen LogP contribution in [0.4, 0.5) is 0 Å². The van der Waals surface area contributed by atoms with Crippen LogP contribution in [-0.4, -0.2) is 31.9 Å². The molecule has 9 heteroatoms. The number of hydrogen-bond acceptors (Lipinski definition) is 8. The summed E-state index contributed by atoms with van der Waals surface area (Å²) in [5.41, 5.74) is 7.51. The van der Waals surface area contributed by atoms with E-state index in [0.717, 1.165) is 16.9 Å². The molecule has 34 heavy (non-hydrogen) atoms. The fourth-order valence-electron chi connectivity index (χ4n) is 3.89. The highest BCUT2D eigenvalue weighted by Crippen LogP contribution is 2.37.